The Morgan fingerprint density at radius 3 is 2.40 bits per heavy atom. The molecule has 4 heteroatoms. The summed E-state index contributed by atoms with van der Waals surface area (Å²) in [5, 5.41) is 0.651. The van der Waals surface area contributed by atoms with Crippen molar-refractivity contribution in [3.63, 3.8) is 0 Å². The van der Waals surface area contributed by atoms with Crippen LogP contribution < -0.4 is 0 Å². The maximum absolute atomic E-state index is 12.2. The minimum Gasteiger partial charge on any atom is -0.467 e. The normalized spacial score (nSPS) is 24.2. The van der Waals surface area contributed by atoms with Crippen LogP contribution >= 0.6 is 11.6 Å². The summed E-state index contributed by atoms with van der Waals surface area (Å²) in [7, 11) is 1.37. The van der Waals surface area contributed by atoms with Crippen LogP contribution in [0.4, 0.5) is 0 Å². The van der Waals surface area contributed by atoms with Gasteiger partial charge in [-0.3, -0.25) is 0 Å². The minimum atomic E-state index is -1.04. The number of methoxy groups -OCH3 is 1. The predicted octanol–water partition coefficient (Wildman–Crippen LogP) is 3.48. The standard InChI is InChI=1S/C16H13ClO3/c1-19-15(18)16(12-5-3-2-4-6-12)14(20-16)11-7-9-13(17)10-8-11/h2-10,14H,1H3/t14-,16-/m0/s1. The quantitative estimate of drug-likeness (QED) is 0.641. The van der Waals surface area contributed by atoms with Crippen molar-refractivity contribution in [2.24, 2.45) is 0 Å². The molecule has 3 rings (SSSR count). The van der Waals surface area contributed by atoms with Gasteiger partial charge in [0, 0.05) is 5.02 Å². The zero-order valence-electron chi connectivity index (χ0n) is 10.9. The Morgan fingerprint density at radius 2 is 1.80 bits per heavy atom. The highest BCUT2D eigenvalue weighted by molar-refractivity contribution is 6.30. The number of epoxide rings is 1. The molecule has 2 atom stereocenters. The summed E-state index contributed by atoms with van der Waals surface area (Å²) in [4.78, 5) is 12.2. The van der Waals surface area contributed by atoms with Gasteiger partial charge in [-0.1, -0.05) is 54.1 Å². The molecule has 102 valence electrons. The first-order valence-electron chi connectivity index (χ1n) is 6.25. The molecule has 2 aromatic carbocycles. The first kappa shape index (κ1) is 13.2. The minimum absolute atomic E-state index is 0.338. The van der Waals surface area contributed by atoms with Gasteiger partial charge in [-0.05, 0) is 23.3 Å². The molecule has 1 fully saturated rings. The zero-order chi connectivity index (χ0) is 14.2. The van der Waals surface area contributed by atoms with Crippen molar-refractivity contribution >= 4 is 17.6 Å². The van der Waals surface area contributed by atoms with Crippen LogP contribution in [0.2, 0.25) is 5.02 Å². The van der Waals surface area contributed by atoms with E-state index >= 15 is 0 Å². The maximum Gasteiger partial charge on any atom is 0.346 e. The van der Waals surface area contributed by atoms with E-state index in [1.54, 1.807) is 12.1 Å². The highest BCUT2D eigenvalue weighted by Gasteiger charge is 2.65. The van der Waals surface area contributed by atoms with Gasteiger partial charge >= 0.3 is 5.97 Å². The average Bonchev–Trinajstić information content (AvgIpc) is 3.25. The fraction of sp³-hybridized carbons (Fsp3) is 0.188. The summed E-state index contributed by atoms with van der Waals surface area (Å²) >= 11 is 5.88. The molecule has 3 nitrogen and oxygen atoms in total. The SMILES string of the molecule is COC(=O)[C@@]1(c2ccccc2)O[C@H]1c1ccc(Cl)cc1. The van der Waals surface area contributed by atoms with E-state index in [-0.39, 0.29) is 12.1 Å². The van der Waals surface area contributed by atoms with E-state index in [4.69, 9.17) is 21.1 Å². The summed E-state index contributed by atoms with van der Waals surface area (Å²) in [6.45, 7) is 0. The monoisotopic (exact) mass is 288 g/mol. The van der Waals surface area contributed by atoms with Gasteiger partial charge in [0.1, 0.15) is 6.10 Å². The number of hydrogen-bond acceptors (Lipinski definition) is 3. The van der Waals surface area contributed by atoms with Gasteiger partial charge in [0.15, 0.2) is 0 Å². The summed E-state index contributed by atoms with van der Waals surface area (Å²) < 4.78 is 10.7. The molecule has 0 unspecified atom stereocenters. The molecule has 2 aromatic rings. The number of carbonyl (C=O) groups is 1. The summed E-state index contributed by atoms with van der Waals surface area (Å²) in [5.41, 5.74) is 0.666. The van der Waals surface area contributed by atoms with Crippen LogP contribution in [-0.4, -0.2) is 13.1 Å². The Balaban J connectivity index is 1.99. The molecule has 0 radical (unpaired) electrons. The molecule has 0 saturated carbocycles. The summed E-state index contributed by atoms with van der Waals surface area (Å²) in [5.74, 6) is -0.386. The van der Waals surface area contributed by atoms with E-state index in [1.165, 1.54) is 7.11 Å². The first-order chi connectivity index (χ1) is 9.68. The largest absolute Gasteiger partial charge is 0.467 e. The van der Waals surface area contributed by atoms with Crippen molar-refractivity contribution in [1.82, 2.24) is 0 Å². The van der Waals surface area contributed by atoms with Gasteiger partial charge < -0.3 is 9.47 Å². The van der Waals surface area contributed by atoms with Crippen LogP contribution in [0.5, 0.6) is 0 Å². The molecule has 20 heavy (non-hydrogen) atoms. The number of carbonyl (C=O) groups excluding carboxylic acids is 1. The van der Waals surface area contributed by atoms with Crippen molar-refractivity contribution < 1.29 is 14.3 Å². The highest BCUT2D eigenvalue weighted by atomic mass is 35.5. The Morgan fingerprint density at radius 1 is 1.15 bits per heavy atom. The fourth-order valence-electron chi connectivity index (χ4n) is 2.42. The molecule has 0 bridgehead atoms. The van der Waals surface area contributed by atoms with Gasteiger partial charge in [0.05, 0.1) is 7.11 Å². The predicted molar refractivity (Wildman–Crippen MR) is 75.4 cm³/mol. The Hall–Kier alpha value is -1.84. The number of esters is 1. The van der Waals surface area contributed by atoms with E-state index < -0.39 is 5.60 Å². The van der Waals surface area contributed by atoms with E-state index in [0.717, 1.165) is 11.1 Å². The van der Waals surface area contributed by atoms with Crippen LogP contribution in [0.15, 0.2) is 54.6 Å². The lowest BCUT2D eigenvalue weighted by Gasteiger charge is -2.11. The fourth-order valence-corrected chi connectivity index (χ4v) is 2.55. The van der Waals surface area contributed by atoms with E-state index in [9.17, 15) is 4.79 Å². The molecular formula is C16H13ClO3. The molecule has 0 amide bonds. The van der Waals surface area contributed by atoms with Crippen molar-refractivity contribution in [3.05, 3.63) is 70.7 Å². The van der Waals surface area contributed by atoms with Crippen LogP contribution in [0, 0.1) is 0 Å². The third-order valence-electron chi connectivity index (χ3n) is 3.48. The summed E-state index contributed by atoms with van der Waals surface area (Å²) in [6.07, 6.45) is -0.338. The lowest BCUT2D eigenvalue weighted by molar-refractivity contribution is -0.147. The van der Waals surface area contributed by atoms with E-state index in [1.807, 2.05) is 42.5 Å². The number of rotatable bonds is 3. The summed E-state index contributed by atoms with van der Waals surface area (Å²) in [6, 6.07) is 16.7. The Kier molecular flexibility index (Phi) is 3.24. The second-order valence-electron chi connectivity index (χ2n) is 4.64. The van der Waals surface area contributed by atoms with Gasteiger partial charge in [-0.15, -0.1) is 0 Å². The van der Waals surface area contributed by atoms with Crippen molar-refractivity contribution in [3.8, 4) is 0 Å². The lowest BCUT2D eigenvalue weighted by Crippen LogP contribution is -2.24. The van der Waals surface area contributed by atoms with E-state index in [0.29, 0.717) is 5.02 Å². The average molecular weight is 289 g/mol. The zero-order valence-corrected chi connectivity index (χ0v) is 11.6. The van der Waals surface area contributed by atoms with Gasteiger partial charge in [0.25, 0.3) is 0 Å². The van der Waals surface area contributed by atoms with Crippen molar-refractivity contribution in [2.75, 3.05) is 7.11 Å². The molecule has 1 saturated heterocycles. The number of ether oxygens (including phenoxy) is 2. The number of benzene rings is 2. The van der Waals surface area contributed by atoms with Gasteiger partial charge in [-0.25, -0.2) is 4.79 Å². The third-order valence-corrected chi connectivity index (χ3v) is 3.73. The van der Waals surface area contributed by atoms with Crippen LogP contribution in [0.1, 0.15) is 17.2 Å². The van der Waals surface area contributed by atoms with Crippen molar-refractivity contribution in [2.45, 2.75) is 11.7 Å². The second-order valence-corrected chi connectivity index (χ2v) is 5.08. The smallest absolute Gasteiger partial charge is 0.346 e. The molecule has 1 heterocycles. The molecule has 0 aromatic heterocycles. The molecule has 1 aliphatic rings. The highest BCUT2D eigenvalue weighted by Crippen LogP contribution is 2.57. The van der Waals surface area contributed by atoms with Crippen LogP contribution in [-0.2, 0) is 19.9 Å². The molecule has 0 N–H and O–H groups in total. The van der Waals surface area contributed by atoms with Gasteiger partial charge in [0.2, 0.25) is 5.60 Å². The Labute approximate surface area is 122 Å². The molecule has 0 aliphatic carbocycles. The van der Waals surface area contributed by atoms with Crippen molar-refractivity contribution in [1.29, 1.82) is 0 Å². The lowest BCUT2D eigenvalue weighted by atomic mass is 9.92. The first-order valence-corrected chi connectivity index (χ1v) is 6.63. The maximum atomic E-state index is 12.2. The topological polar surface area (TPSA) is 38.8 Å². The molecular weight excluding hydrogens is 276 g/mol. The number of hydrogen-bond donors (Lipinski definition) is 0. The van der Waals surface area contributed by atoms with Crippen LogP contribution in [0.25, 0.3) is 0 Å². The molecule has 1 aliphatic heterocycles. The molecule has 0 spiro atoms. The third kappa shape index (κ3) is 1.99. The van der Waals surface area contributed by atoms with Gasteiger partial charge in [-0.2, -0.15) is 0 Å². The van der Waals surface area contributed by atoms with Crippen LogP contribution in [0.3, 0.4) is 0 Å². The Bertz CT molecular complexity index is 624. The second kappa shape index (κ2) is 4.93. The van der Waals surface area contributed by atoms with E-state index in [2.05, 4.69) is 0 Å². The number of halogens is 1.